The van der Waals surface area contributed by atoms with Gasteiger partial charge >= 0.3 is 0 Å². The smallest absolute Gasteiger partial charge is 0.121 e. The van der Waals surface area contributed by atoms with Gasteiger partial charge in [0.2, 0.25) is 0 Å². The van der Waals surface area contributed by atoms with E-state index >= 15 is 0 Å². The van der Waals surface area contributed by atoms with Crippen LogP contribution >= 0.6 is 0 Å². The van der Waals surface area contributed by atoms with Gasteiger partial charge in [0.15, 0.2) is 0 Å². The molecule has 0 unspecified atom stereocenters. The van der Waals surface area contributed by atoms with Gasteiger partial charge in [-0.25, -0.2) is 0 Å². The van der Waals surface area contributed by atoms with Crippen LogP contribution in [0.3, 0.4) is 0 Å². The van der Waals surface area contributed by atoms with E-state index < -0.39 is 8.07 Å². The van der Waals surface area contributed by atoms with E-state index in [1.165, 1.54) is 44.1 Å². The molecule has 0 fully saturated rings. The Labute approximate surface area is 363 Å². The van der Waals surface area contributed by atoms with Crippen molar-refractivity contribution in [1.82, 2.24) is 9.97 Å². The molecule has 0 atom stereocenters. The maximum atomic E-state index is 6.38. The first kappa shape index (κ1) is 41.4. The third-order valence-electron chi connectivity index (χ3n) is 10.9. The van der Waals surface area contributed by atoms with Gasteiger partial charge in [0.1, 0.15) is 5.58 Å². The molecule has 0 N–H and O–H groups in total. The van der Waals surface area contributed by atoms with E-state index in [1.807, 2.05) is 30.5 Å². The summed E-state index contributed by atoms with van der Waals surface area (Å²) in [6, 6.07) is 57.2. The van der Waals surface area contributed by atoms with E-state index in [4.69, 9.17) is 14.4 Å². The van der Waals surface area contributed by atoms with Gasteiger partial charge in [-0.1, -0.05) is 183 Å². The number of benzene rings is 6. The number of hydrogen-bond donors (Lipinski definition) is 0. The predicted molar refractivity (Wildman–Crippen MR) is 247 cm³/mol. The van der Waals surface area contributed by atoms with Gasteiger partial charge in [0.05, 0.1) is 13.7 Å². The Morgan fingerprint density at radius 1 is 0.576 bits per heavy atom. The van der Waals surface area contributed by atoms with Crippen LogP contribution in [0.2, 0.25) is 19.6 Å². The second-order valence-electron chi connectivity index (χ2n) is 16.4. The van der Waals surface area contributed by atoms with Crippen molar-refractivity contribution in [2.75, 3.05) is 0 Å². The maximum Gasteiger partial charge on any atom is 0.121 e. The number of pyridine rings is 2. The zero-order valence-corrected chi connectivity index (χ0v) is 38.1. The van der Waals surface area contributed by atoms with Crippen LogP contribution in [0.15, 0.2) is 162 Å². The number of hydrogen-bond acceptors (Lipinski definition) is 3. The first-order chi connectivity index (χ1) is 28.0. The Kier molecular flexibility index (Phi) is 12.4. The van der Waals surface area contributed by atoms with Crippen molar-refractivity contribution in [3.8, 4) is 55.9 Å². The number of aryl methyl sites for hydroxylation is 2. The Bertz CT molecular complexity index is 2860. The molecule has 59 heavy (non-hydrogen) atoms. The molecule has 0 spiro atoms. The van der Waals surface area contributed by atoms with Crippen molar-refractivity contribution in [2.45, 2.75) is 53.3 Å². The van der Waals surface area contributed by atoms with Crippen LogP contribution in [-0.4, -0.2) is 18.0 Å². The van der Waals surface area contributed by atoms with Gasteiger partial charge < -0.3 is 14.4 Å². The molecule has 295 valence electrons. The molecule has 3 heterocycles. The number of rotatable bonds is 7. The predicted octanol–water partition coefficient (Wildman–Crippen LogP) is 14.3. The largest absolute Gasteiger partial charge is 0.501 e. The number of furan rings is 1. The van der Waals surface area contributed by atoms with Crippen molar-refractivity contribution >= 4 is 35.2 Å². The molecule has 0 amide bonds. The second-order valence-corrected chi connectivity index (χ2v) is 21.4. The Morgan fingerprint density at radius 3 is 1.80 bits per heavy atom. The van der Waals surface area contributed by atoms with Crippen molar-refractivity contribution < 1.29 is 24.5 Å². The molecule has 0 saturated carbocycles. The van der Waals surface area contributed by atoms with Crippen LogP contribution in [-0.2, 0) is 20.1 Å². The number of fused-ring (bicyclic) bond motifs is 3. The summed E-state index contributed by atoms with van der Waals surface area (Å²) < 4.78 is 6.38. The van der Waals surface area contributed by atoms with Crippen LogP contribution in [0, 0.1) is 26.0 Å². The maximum absolute atomic E-state index is 6.38. The second kappa shape index (κ2) is 17.6. The number of nitrogens with zero attached hydrogens (tertiary/aromatic N) is 2. The topological polar surface area (TPSA) is 38.9 Å². The average Bonchev–Trinajstić information content (AvgIpc) is 3.62. The Morgan fingerprint density at radius 2 is 1.19 bits per heavy atom. The third kappa shape index (κ3) is 8.84. The molecule has 9 rings (SSSR count). The van der Waals surface area contributed by atoms with Gasteiger partial charge in [-0.15, -0.1) is 47.5 Å². The fourth-order valence-corrected chi connectivity index (χ4v) is 9.43. The molecule has 0 aliphatic carbocycles. The summed E-state index contributed by atoms with van der Waals surface area (Å²) >= 11 is 0. The molecule has 3 nitrogen and oxygen atoms in total. The molecular weight excluding hydrogens is 913 g/mol. The van der Waals surface area contributed by atoms with Crippen molar-refractivity contribution in [3.63, 3.8) is 0 Å². The minimum absolute atomic E-state index is 0. The molecular formula is C54H48IrN2OSi-2. The zero-order chi connectivity index (χ0) is 40.4. The summed E-state index contributed by atoms with van der Waals surface area (Å²) in [6.07, 6.45) is 4.06. The zero-order valence-electron chi connectivity index (χ0n) is 34.7. The minimum atomic E-state index is -1.40. The van der Waals surface area contributed by atoms with Gasteiger partial charge in [-0.2, -0.15) is 0 Å². The first-order valence-corrected chi connectivity index (χ1v) is 23.6. The van der Waals surface area contributed by atoms with Gasteiger partial charge in [-0.05, 0) is 57.7 Å². The summed E-state index contributed by atoms with van der Waals surface area (Å²) in [6.45, 7) is 16.0. The molecule has 0 saturated heterocycles. The fraction of sp³-hybridized carbons (Fsp3) is 0.148. The summed E-state index contributed by atoms with van der Waals surface area (Å²) in [7, 11) is -1.40. The number of aromatic nitrogens is 2. The molecule has 9 aromatic rings. The van der Waals surface area contributed by atoms with Crippen LogP contribution in [0.1, 0.15) is 36.5 Å². The van der Waals surface area contributed by atoms with Gasteiger partial charge in [-0.3, -0.25) is 0 Å². The summed E-state index contributed by atoms with van der Waals surface area (Å²) in [5, 5.41) is 3.65. The molecule has 3 aromatic heterocycles. The van der Waals surface area contributed by atoms with Crippen molar-refractivity contribution in [3.05, 3.63) is 187 Å². The standard InChI is InChI=1S/C30H20NO.C24H28NSi.Ir/c1-20-17-28(31-19-27(20)22-11-6-3-7-12-22)26-14-8-13-25-24-16-15-23(18-29(24)32-30(25)26)21-9-4-2-5-10-21;1-17(2)22-15-23(25-16-24(22)26(4,5)6)20-12-13-21(18(3)14-20)19-10-8-7-9-11-19;/h2-13,15-19H,1H3;7-11,13-17H,1-6H3;/q2*-1;. The quantitative estimate of drug-likeness (QED) is 0.118. The van der Waals surface area contributed by atoms with Crippen molar-refractivity contribution in [2.24, 2.45) is 0 Å². The van der Waals surface area contributed by atoms with Crippen LogP contribution < -0.4 is 5.19 Å². The summed E-state index contributed by atoms with van der Waals surface area (Å²) in [5.74, 6) is 0.503. The Balaban J connectivity index is 0.000000180. The van der Waals surface area contributed by atoms with E-state index in [-0.39, 0.29) is 20.1 Å². The summed E-state index contributed by atoms with van der Waals surface area (Å²) in [4.78, 5) is 9.59. The van der Waals surface area contributed by atoms with E-state index in [0.717, 1.165) is 55.6 Å². The SMILES string of the molecule is Cc1cc(-c2[c-]ccc3c2oc2cc(-c4ccccc4)ccc23)ncc1-c1ccccc1.Cc1cc(-c2cc(C(C)C)c([Si](C)(C)C)cn2)[c-]cc1-c1ccccc1.[Ir]. The molecule has 0 aliphatic rings. The normalized spacial score (nSPS) is 11.3. The van der Waals surface area contributed by atoms with E-state index in [2.05, 4.69) is 187 Å². The molecule has 5 heteroatoms. The molecule has 0 bridgehead atoms. The van der Waals surface area contributed by atoms with Crippen LogP contribution in [0.4, 0.5) is 0 Å². The molecule has 6 aromatic carbocycles. The van der Waals surface area contributed by atoms with Gasteiger partial charge in [0, 0.05) is 43.4 Å². The molecule has 0 aliphatic heterocycles. The van der Waals surface area contributed by atoms with E-state index in [1.54, 1.807) is 0 Å². The third-order valence-corrected chi connectivity index (χ3v) is 12.9. The first-order valence-electron chi connectivity index (χ1n) is 20.1. The van der Waals surface area contributed by atoms with Gasteiger partial charge in [0.25, 0.3) is 0 Å². The van der Waals surface area contributed by atoms with Crippen LogP contribution in [0.25, 0.3) is 77.8 Å². The molecule has 1 radical (unpaired) electrons. The monoisotopic (exact) mass is 961 g/mol. The average molecular weight is 961 g/mol. The fourth-order valence-electron chi connectivity index (χ4n) is 7.75. The van der Waals surface area contributed by atoms with Crippen molar-refractivity contribution in [1.29, 1.82) is 0 Å². The Hall–Kier alpha value is -5.71. The minimum Gasteiger partial charge on any atom is -0.501 e. The van der Waals surface area contributed by atoms with Crippen LogP contribution in [0.5, 0.6) is 0 Å². The van der Waals surface area contributed by atoms with E-state index in [9.17, 15) is 0 Å². The summed E-state index contributed by atoms with van der Waals surface area (Å²) in [5.41, 5.74) is 16.5. The van der Waals surface area contributed by atoms with E-state index in [0.29, 0.717) is 5.92 Å².